The maximum Gasteiger partial charge on any atom is 0.312 e. The highest BCUT2D eigenvalue weighted by atomic mass is 19.1. The molecule has 0 aliphatic heterocycles. The summed E-state index contributed by atoms with van der Waals surface area (Å²) in [5.74, 6) is 2.17. The van der Waals surface area contributed by atoms with Crippen LogP contribution in [0, 0.1) is 56.7 Å². The van der Waals surface area contributed by atoms with Gasteiger partial charge in [0.25, 0.3) is 0 Å². The highest BCUT2D eigenvalue weighted by Gasteiger charge is 2.70. The van der Waals surface area contributed by atoms with E-state index in [0.717, 1.165) is 25.8 Å². The Morgan fingerprint density at radius 1 is 0.958 bits per heavy atom. The van der Waals surface area contributed by atoms with Crippen molar-refractivity contribution in [3.63, 3.8) is 0 Å². The van der Waals surface area contributed by atoms with E-state index >= 15 is 0 Å². The average Bonchev–Trinajstić information content (AvgIpc) is 3.39. The van der Waals surface area contributed by atoms with Crippen LogP contribution in [0.25, 0.3) is 0 Å². The fraction of sp³-hybridized carbons (Fsp3) is 0.837. The minimum atomic E-state index is -1.25. The van der Waals surface area contributed by atoms with Gasteiger partial charge in [-0.25, -0.2) is 4.39 Å². The molecule has 48 heavy (non-hydrogen) atoms. The Morgan fingerprint density at radius 2 is 1.69 bits per heavy atom. The Bertz CT molecular complexity index is 1360. The molecule has 6 aliphatic carbocycles. The lowest BCUT2D eigenvalue weighted by molar-refractivity contribution is -0.221. The summed E-state index contributed by atoms with van der Waals surface area (Å²) in [6, 6.07) is 0. The highest BCUT2D eigenvalue weighted by molar-refractivity contribution is 5.75. The van der Waals surface area contributed by atoms with Crippen molar-refractivity contribution in [1.82, 2.24) is 5.32 Å². The summed E-state index contributed by atoms with van der Waals surface area (Å²) in [4.78, 5) is 12.0. The Balaban J connectivity index is 1.28. The van der Waals surface area contributed by atoms with Gasteiger partial charge in [-0.15, -0.1) is 0 Å². The van der Waals surface area contributed by atoms with Crippen molar-refractivity contribution >= 4 is 5.97 Å². The Morgan fingerprint density at radius 3 is 2.29 bits per heavy atom. The molecule has 0 radical (unpaired) electrons. The third-order valence-electron chi connectivity index (χ3n) is 16.8. The van der Waals surface area contributed by atoms with Gasteiger partial charge >= 0.3 is 5.97 Å². The molecule has 0 saturated heterocycles. The Hall–Kier alpha value is -1.46. The van der Waals surface area contributed by atoms with E-state index in [2.05, 4.69) is 65.6 Å². The zero-order valence-electron chi connectivity index (χ0n) is 31.7. The number of allylic oxidation sites excluding steroid dienone is 5. The molecule has 0 aromatic rings. The molecule has 0 amide bonds. The first-order valence-corrected chi connectivity index (χ1v) is 19.6. The fourth-order valence-corrected chi connectivity index (χ4v) is 14.0. The maximum atomic E-state index is 13.9. The van der Waals surface area contributed by atoms with Crippen LogP contribution in [0.3, 0.4) is 0 Å². The van der Waals surface area contributed by atoms with Crippen LogP contribution < -0.4 is 5.32 Å². The van der Waals surface area contributed by atoms with Crippen LogP contribution in [-0.4, -0.2) is 40.5 Å². The van der Waals surface area contributed by atoms with E-state index in [1.807, 2.05) is 13.8 Å². The van der Waals surface area contributed by atoms with Crippen molar-refractivity contribution in [2.24, 2.45) is 56.7 Å². The molecule has 0 spiro atoms. The van der Waals surface area contributed by atoms with Crippen LogP contribution in [0.2, 0.25) is 0 Å². The first-order chi connectivity index (χ1) is 22.3. The number of carbonyl (C=O) groups is 1. The van der Waals surface area contributed by atoms with Crippen molar-refractivity contribution in [2.45, 2.75) is 156 Å². The topological polar surface area (TPSA) is 69.6 Å². The summed E-state index contributed by atoms with van der Waals surface area (Å²) in [6.07, 6.45) is 19.1. The Kier molecular flexibility index (Phi) is 9.13. The molecule has 3 N–H and O–H groups in total. The second-order valence-electron chi connectivity index (χ2n) is 19.9. The molecule has 0 unspecified atom stereocenters. The van der Waals surface area contributed by atoms with E-state index in [-0.39, 0.29) is 27.2 Å². The molecule has 5 heteroatoms. The molecule has 6 rings (SSSR count). The predicted octanol–water partition coefficient (Wildman–Crippen LogP) is 10.2. The van der Waals surface area contributed by atoms with Gasteiger partial charge < -0.3 is 15.5 Å². The SMILES string of the molecule is C=C(C)[C@@H]1CC[C@]2(NCCCC(C)(C)O)CC[C@]3(C)[C@H](CC[C@@H]4[C@@]5(C)CC=C(C6=CC[C@](CF)(C(=O)O)CC6)C(C)(C)[C@@H]5CC[C@]43C)[C@@H]12. The van der Waals surface area contributed by atoms with Gasteiger partial charge in [-0.1, -0.05) is 58.9 Å². The number of aliphatic hydroxyl groups is 1. The van der Waals surface area contributed by atoms with E-state index < -0.39 is 23.7 Å². The predicted molar refractivity (Wildman–Crippen MR) is 194 cm³/mol. The molecule has 6 aliphatic rings. The molecule has 10 atom stereocenters. The van der Waals surface area contributed by atoms with Crippen molar-refractivity contribution in [3.8, 4) is 0 Å². The van der Waals surface area contributed by atoms with Crippen LogP contribution in [0.5, 0.6) is 0 Å². The van der Waals surface area contributed by atoms with E-state index in [0.29, 0.717) is 48.9 Å². The minimum Gasteiger partial charge on any atom is -0.481 e. The van der Waals surface area contributed by atoms with E-state index in [4.69, 9.17) is 0 Å². The molecule has 0 aromatic heterocycles. The molecule has 4 saturated carbocycles. The molecule has 0 aromatic carbocycles. The second-order valence-corrected chi connectivity index (χ2v) is 19.9. The maximum absolute atomic E-state index is 13.9. The standard InChI is InChI=1S/C43H68FNO3/c1-28(2)30-15-23-43(45-26-10-18-37(3,4)48)25-24-40(8)32(35(30)43)11-12-34-39(7)19-16-31(38(5,6)33(39)17-20-41(34,40)9)29-13-21-42(27-44,22-14-29)36(46)47/h13,16,30,32-35,45,48H,1,10-12,14-15,17-27H2,2-9H3,(H,46,47)/t30-,32+,33-,34+,35+,39-,40+,41+,42-,43-/m0/s1. The number of aliphatic carboxylic acids is 1. The van der Waals surface area contributed by atoms with E-state index in [9.17, 15) is 19.4 Å². The second kappa shape index (κ2) is 12.1. The molecule has 0 heterocycles. The Labute approximate surface area is 291 Å². The summed E-state index contributed by atoms with van der Waals surface area (Å²) >= 11 is 0. The number of hydrogen-bond acceptors (Lipinski definition) is 3. The minimum absolute atomic E-state index is 0.00211. The third-order valence-corrected chi connectivity index (χ3v) is 16.8. The summed E-state index contributed by atoms with van der Waals surface area (Å²) in [5.41, 5.74) is 3.20. The van der Waals surface area contributed by atoms with Crippen LogP contribution in [-0.2, 0) is 4.79 Å². The van der Waals surface area contributed by atoms with Crippen molar-refractivity contribution in [2.75, 3.05) is 13.2 Å². The van der Waals surface area contributed by atoms with Crippen LogP contribution in [0.1, 0.15) is 145 Å². The summed E-state index contributed by atoms with van der Waals surface area (Å²) in [6.45, 7) is 23.9. The van der Waals surface area contributed by atoms with Gasteiger partial charge in [0.2, 0.25) is 0 Å². The molecule has 4 fully saturated rings. The van der Waals surface area contributed by atoms with Crippen LogP contribution in [0.4, 0.5) is 4.39 Å². The van der Waals surface area contributed by atoms with Crippen molar-refractivity contribution in [3.05, 3.63) is 35.5 Å². The largest absolute Gasteiger partial charge is 0.481 e. The van der Waals surface area contributed by atoms with Gasteiger partial charge in [-0.3, -0.25) is 4.79 Å². The van der Waals surface area contributed by atoms with Gasteiger partial charge in [-0.05, 0) is 180 Å². The molecule has 270 valence electrons. The van der Waals surface area contributed by atoms with Gasteiger partial charge in [0.05, 0.1) is 11.0 Å². The number of fused-ring (bicyclic) bond motifs is 7. The number of hydrogen-bond donors (Lipinski definition) is 3. The molecular formula is C43H68FNO3. The summed E-state index contributed by atoms with van der Waals surface area (Å²) in [5, 5.41) is 24.3. The summed E-state index contributed by atoms with van der Waals surface area (Å²) in [7, 11) is 0. The third kappa shape index (κ3) is 5.36. The monoisotopic (exact) mass is 666 g/mol. The molecule has 0 bridgehead atoms. The van der Waals surface area contributed by atoms with Gasteiger partial charge in [-0.2, -0.15) is 0 Å². The summed E-state index contributed by atoms with van der Waals surface area (Å²) < 4.78 is 13.9. The highest BCUT2D eigenvalue weighted by Crippen LogP contribution is 2.76. The molecular weight excluding hydrogens is 597 g/mol. The zero-order valence-corrected chi connectivity index (χ0v) is 31.7. The first kappa shape index (κ1) is 36.3. The molecule has 4 nitrogen and oxygen atoms in total. The smallest absolute Gasteiger partial charge is 0.312 e. The lowest BCUT2D eigenvalue weighted by Crippen LogP contribution is -2.68. The number of carboxylic acid groups (broad SMARTS) is 1. The number of nitrogens with one attached hydrogen (secondary N) is 1. The van der Waals surface area contributed by atoms with Crippen molar-refractivity contribution < 1.29 is 19.4 Å². The van der Waals surface area contributed by atoms with E-state index in [1.54, 1.807) is 0 Å². The number of alkyl halides is 1. The number of carboxylic acids is 1. The van der Waals surface area contributed by atoms with Crippen LogP contribution in [0.15, 0.2) is 35.5 Å². The first-order valence-electron chi connectivity index (χ1n) is 19.6. The van der Waals surface area contributed by atoms with Gasteiger partial charge in [0.1, 0.15) is 6.67 Å². The lowest BCUT2D eigenvalue weighted by atomic mass is 9.33. The fourth-order valence-electron chi connectivity index (χ4n) is 14.0. The number of rotatable bonds is 9. The van der Waals surface area contributed by atoms with Gasteiger partial charge in [0, 0.05) is 5.54 Å². The van der Waals surface area contributed by atoms with Gasteiger partial charge in [0.15, 0.2) is 0 Å². The normalized spacial score (nSPS) is 45.2. The number of halogens is 1. The lowest BCUT2D eigenvalue weighted by Gasteiger charge is -2.72. The average molecular weight is 666 g/mol. The zero-order chi connectivity index (χ0) is 35.1. The van der Waals surface area contributed by atoms with E-state index in [1.165, 1.54) is 68.1 Å². The van der Waals surface area contributed by atoms with Crippen molar-refractivity contribution in [1.29, 1.82) is 0 Å². The van der Waals surface area contributed by atoms with Crippen LogP contribution >= 0.6 is 0 Å². The quantitative estimate of drug-likeness (QED) is 0.169.